The van der Waals surface area contributed by atoms with Crippen LogP contribution in [0, 0.1) is 0 Å². The molecular weight excluding hydrogens is 476 g/mol. The lowest BCUT2D eigenvalue weighted by Crippen LogP contribution is -2.34. The highest BCUT2D eigenvalue weighted by Crippen LogP contribution is 2.38. The summed E-state index contributed by atoms with van der Waals surface area (Å²) >= 11 is 1.28. The van der Waals surface area contributed by atoms with E-state index in [1.165, 1.54) is 11.3 Å². The molecule has 36 heavy (non-hydrogen) atoms. The summed E-state index contributed by atoms with van der Waals surface area (Å²) in [6.45, 7) is 2.55. The average molecular weight is 505 g/mol. The second-order valence-electron chi connectivity index (χ2n) is 9.71. The Kier molecular flexibility index (Phi) is 6.36. The van der Waals surface area contributed by atoms with Crippen molar-refractivity contribution in [3.63, 3.8) is 0 Å². The lowest BCUT2D eigenvalue weighted by molar-refractivity contribution is -0.115. The van der Waals surface area contributed by atoms with Crippen molar-refractivity contribution in [3.05, 3.63) is 69.6 Å². The molecule has 3 aromatic rings. The van der Waals surface area contributed by atoms with E-state index in [0.717, 1.165) is 41.5 Å². The van der Waals surface area contributed by atoms with Gasteiger partial charge in [0, 0.05) is 41.1 Å². The average Bonchev–Trinajstić information content (AvgIpc) is 3.49. The highest BCUT2D eigenvalue weighted by molar-refractivity contribution is 7.14. The number of aryl methyl sites for hydroxylation is 1. The fourth-order valence-corrected chi connectivity index (χ4v) is 5.58. The number of thiazole rings is 1. The summed E-state index contributed by atoms with van der Waals surface area (Å²) in [7, 11) is 1.80. The first-order valence-corrected chi connectivity index (χ1v) is 12.8. The molecule has 1 aliphatic heterocycles. The number of anilines is 1. The molecule has 5 rings (SSSR count). The number of nitrogens with zero attached hydrogens (tertiary/aromatic N) is 2. The Morgan fingerprint density at radius 1 is 1.17 bits per heavy atom. The zero-order valence-electron chi connectivity index (χ0n) is 20.3. The molecule has 1 aromatic heterocycles. The maximum Gasteiger partial charge on any atom is 0.253 e. The number of rotatable bonds is 6. The molecule has 3 N–H and O–H groups in total. The third kappa shape index (κ3) is 4.52. The van der Waals surface area contributed by atoms with E-state index in [2.05, 4.69) is 15.6 Å². The van der Waals surface area contributed by atoms with Crippen LogP contribution in [0.1, 0.15) is 50.8 Å². The van der Waals surface area contributed by atoms with Gasteiger partial charge < -0.3 is 20.6 Å². The van der Waals surface area contributed by atoms with Crippen LogP contribution in [0.5, 0.6) is 0 Å². The molecule has 186 valence electrons. The largest absolute Gasteiger partial charge is 0.395 e. The van der Waals surface area contributed by atoms with Crippen LogP contribution in [0.3, 0.4) is 0 Å². The molecule has 2 aromatic carbocycles. The number of aliphatic hydroxyl groups excluding tert-OH is 1. The minimum Gasteiger partial charge on any atom is -0.395 e. The van der Waals surface area contributed by atoms with E-state index in [1.54, 1.807) is 18.0 Å². The van der Waals surface area contributed by atoms with Gasteiger partial charge >= 0.3 is 0 Å². The van der Waals surface area contributed by atoms with Crippen molar-refractivity contribution in [2.24, 2.45) is 0 Å². The van der Waals surface area contributed by atoms with Crippen molar-refractivity contribution in [1.29, 1.82) is 0 Å². The molecule has 0 radical (unpaired) electrons. The molecule has 1 aliphatic carbocycles. The van der Waals surface area contributed by atoms with Crippen molar-refractivity contribution in [2.45, 2.75) is 31.6 Å². The topological polar surface area (TPSA) is 112 Å². The summed E-state index contributed by atoms with van der Waals surface area (Å²) in [4.78, 5) is 43.8. The van der Waals surface area contributed by atoms with Crippen LogP contribution in [0.2, 0.25) is 0 Å². The molecule has 0 saturated carbocycles. The monoisotopic (exact) mass is 504 g/mol. The first kappa shape index (κ1) is 24.1. The first-order valence-electron chi connectivity index (χ1n) is 11.9. The van der Waals surface area contributed by atoms with Gasteiger partial charge in [0.1, 0.15) is 0 Å². The maximum atomic E-state index is 12.7. The molecule has 8 nitrogen and oxygen atoms in total. The highest BCUT2D eigenvalue weighted by Gasteiger charge is 2.34. The summed E-state index contributed by atoms with van der Waals surface area (Å²) in [5.74, 6) is -0.724. The van der Waals surface area contributed by atoms with Crippen LogP contribution in [-0.2, 0) is 23.1 Å². The van der Waals surface area contributed by atoms with Gasteiger partial charge in [0.05, 0.1) is 18.8 Å². The van der Waals surface area contributed by atoms with E-state index < -0.39 is 0 Å². The third-order valence-electron chi connectivity index (χ3n) is 7.18. The quantitative estimate of drug-likeness (QED) is 0.478. The van der Waals surface area contributed by atoms with Gasteiger partial charge in [-0.2, -0.15) is 0 Å². The van der Waals surface area contributed by atoms with Gasteiger partial charge in [-0.15, -0.1) is 11.3 Å². The summed E-state index contributed by atoms with van der Waals surface area (Å²) < 4.78 is 0. The fourth-order valence-electron chi connectivity index (χ4n) is 4.85. The molecule has 1 atom stereocenters. The van der Waals surface area contributed by atoms with Gasteiger partial charge in [0.15, 0.2) is 5.13 Å². The standard InChI is InChI=1S/C27H28N4O4S/c1-27(15-32)9-7-17-4-6-19(12-21(17)27)24(34)28-13-23(33)30-26-29-22(14-36-26)18-5-3-16-8-10-31(2)25(35)20(16)11-18/h3-6,11-12,14,32H,7-10,13,15H2,1-2H3,(H,28,34)(H,29,30,33)/t27-/m0/s1. The minimum absolute atomic E-state index is 0.00181. The number of amides is 3. The summed E-state index contributed by atoms with van der Waals surface area (Å²) in [6, 6.07) is 11.3. The van der Waals surface area contributed by atoms with Gasteiger partial charge in [-0.1, -0.05) is 25.1 Å². The number of carbonyl (C=O) groups excluding carboxylic acids is 3. The molecule has 0 spiro atoms. The minimum atomic E-state index is -0.382. The van der Waals surface area contributed by atoms with Crippen LogP contribution in [-0.4, -0.2) is 59.5 Å². The maximum absolute atomic E-state index is 12.7. The van der Waals surface area contributed by atoms with Gasteiger partial charge in [-0.3, -0.25) is 14.4 Å². The summed E-state index contributed by atoms with van der Waals surface area (Å²) in [6.07, 6.45) is 2.56. The lowest BCUT2D eigenvalue weighted by Gasteiger charge is -2.25. The Balaban J connectivity index is 1.20. The van der Waals surface area contributed by atoms with Crippen LogP contribution < -0.4 is 10.6 Å². The molecule has 0 bridgehead atoms. The zero-order valence-corrected chi connectivity index (χ0v) is 21.1. The van der Waals surface area contributed by atoms with E-state index >= 15 is 0 Å². The van der Waals surface area contributed by atoms with Crippen molar-refractivity contribution < 1.29 is 19.5 Å². The molecule has 2 heterocycles. The third-order valence-corrected chi connectivity index (χ3v) is 7.93. The second-order valence-corrected chi connectivity index (χ2v) is 10.6. The fraction of sp³-hybridized carbons (Fsp3) is 0.333. The Labute approximate surface area is 213 Å². The van der Waals surface area contributed by atoms with E-state index in [4.69, 9.17) is 0 Å². The Morgan fingerprint density at radius 3 is 2.78 bits per heavy atom. The smallest absolute Gasteiger partial charge is 0.253 e. The number of aromatic nitrogens is 1. The Morgan fingerprint density at radius 2 is 1.97 bits per heavy atom. The molecule has 0 saturated heterocycles. The number of likely N-dealkylation sites (N-methyl/N-ethyl adjacent to an activating group) is 1. The predicted molar refractivity (Wildman–Crippen MR) is 138 cm³/mol. The number of fused-ring (bicyclic) bond motifs is 2. The van der Waals surface area contributed by atoms with Crippen LogP contribution in [0.4, 0.5) is 5.13 Å². The van der Waals surface area contributed by atoms with Gasteiger partial charge in [0.2, 0.25) is 5.91 Å². The molecule has 9 heteroatoms. The molecular formula is C27H28N4O4S. The predicted octanol–water partition coefficient (Wildman–Crippen LogP) is 3.00. The van der Waals surface area contributed by atoms with Gasteiger partial charge in [-0.05, 0) is 54.2 Å². The number of benzene rings is 2. The van der Waals surface area contributed by atoms with Gasteiger partial charge in [0.25, 0.3) is 11.8 Å². The van der Waals surface area contributed by atoms with Gasteiger partial charge in [-0.25, -0.2) is 4.98 Å². The van der Waals surface area contributed by atoms with Crippen molar-refractivity contribution in [1.82, 2.24) is 15.2 Å². The number of nitrogens with one attached hydrogen (secondary N) is 2. The SMILES string of the molecule is CN1CCc2ccc(-c3csc(NC(=O)CNC(=O)c4ccc5c(c4)[C@](C)(CO)CC5)n3)cc2C1=O. The molecule has 2 aliphatic rings. The van der Waals surface area contributed by atoms with E-state index in [1.807, 2.05) is 42.6 Å². The second kappa shape index (κ2) is 9.48. The number of hydrogen-bond donors (Lipinski definition) is 3. The summed E-state index contributed by atoms with van der Waals surface area (Å²) in [5.41, 5.74) is 5.48. The van der Waals surface area contributed by atoms with Crippen molar-refractivity contribution in [2.75, 3.05) is 32.1 Å². The van der Waals surface area contributed by atoms with Crippen LogP contribution in [0.25, 0.3) is 11.3 Å². The number of hydrogen-bond acceptors (Lipinski definition) is 6. The number of carbonyl (C=O) groups is 3. The highest BCUT2D eigenvalue weighted by atomic mass is 32.1. The first-order chi connectivity index (χ1) is 17.3. The van der Waals surface area contributed by atoms with E-state index in [9.17, 15) is 19.5 Å². The van der Waals surface area contributed by atoms with E-state index in [-0.39, 0.29) is 36.3 Å². The summed E-state index contributed by atoms with van der Waals surface area (Å²) in [5, 5.41) is 17.4. The van der Waals surface area contributed by atoms with Crippen molar-refractivity contribution in [3.8, 4) is 11.3 Å². The Bertz CT molecular complexity index is 1370. The lowest BCUT2D eigenvalue weighted by atomic mass is 9.84. The normalized spacial score (nSPS) is 18.5. The Hall–Kier alpha value is -3.56. The molecule has 0 fully saturated rings. The molecule has 3 amide bonds. The van der Waals surface area contributed by atoms with E-state index in [0.29, 0.717) is 28.5 Å². The van der Waals surface area contributed by atoms with Crippen LogP contribution >= 0.6 is 11.3 Å². The van der Waals surface area contributed by atoms with Crippen molar-refractivity contribution >= 4 is 34.2 Å². The number of aliphatic hydroxyl groups is 1. The molecule has 0 unspecified atom stereocenters. The zero-order chi connectivity index (χ0) is 25.4. The van der Waals surface area contributed by atoms with Crippen LogP contribution in [0.15, 0.2) is 41.8 Å².